The molecule has 2 aromatic carbocycles. The molecule has 0 saturated carbocycles. The quantitative estimate of drug-likeness (QED) is 0.524. The van der Waals surface area contributed by atoms with Gasteiger partial charge in [0.1, 0.15) is 6.61 Å². The predicted molar refractivity (Wildman–Crippen MR) is 122 cm³/mol. The van der Waals surface area contributed by atoms with Crippen LogP contribution in [0.3, 0.4) is 0 Å². The van der Waals surface area contributed by atoms with E-state index in [4.69, 9.17) is 14.2 Å². The second-order valence-electron chi connectivity index (χ2n) is 7.47. The average Bonchev–Trinajstić information content (AvgIpc) is 2.79. The van der Waals surface area contributed by atoms with Crippen LogP contribution in [0.25, 0.3) is 6.08 Å². The van der Waals surface area contributed by atoms with Gasteiger partial charge in [-0.25, -0.2) is 0 Å². The lowest BCUT2D eigenvalue weighted by Crippen LogP contribution is -2.46. The highest BCUT2D eigenvalue weighted by molar-refractivity contribution is 5.55. The van der Waals surface area contributed by atoms with E-state index < -0.39 is 0 Å². The van der Waals surface area contributed by atoms with Crippen molar-refractivity contribution in [3.8, 4) is 11.5 Å². The number of hydrogen-bond donors (Lipinski definition) is 0. The van der Waals surface area contributed by atoms with Gasteiger partial charge < -0.3 is 14.2 Å². The maximum Gasteiger partial charge on any atom is 0.161 e. The molecular weight excluding hydrogens is 376 g/mol. The Hall–Kier alpha value is -2.34. The molecule has 1 fully saturated rings. The van der Waals surface area contributed by atoms with Gasteiger partial charge in [-0.3, -0.25) is 9.80 Å². The van der Waals surface area contributed by atoms with Crippen LogP contribution >= 0.6 is 0 Å². The Kier molecular flexibility index (Phi) is 9.22. The standard InChI is InChI=1S/C25H34N2O3/c1-3-7-22-10-11-24(25(20-22)28-2)30-19-18-29-17-16-26-12-14-27(15-13-26)21-23-8-5-4-6-9-23/h3-11,20H,12-19,21H2,1-2H3/b7-3+. The van der Waals surface area contributed by atoms with Crippen LogP contribution in [0.15, 0.2) is 54.6 Å². The fourth-order valence-corrected chi connectivity index (χ4v) is 3.62. The molecule has 0 radical (unpaired) electrons. The molecule has 1 heterocycles. The topological polar surface area (TPSA) is 34.2 Å². The summed E-state index contributed by atoms with van der Waals surface area (Å²) >= 11 is 0. The van der Waals surface area contributed by atoms with Crippen molar-refractivity contribution in [2.75, 3.05) is 59.7 Å². The molecule has 2 aromatic rings. The fraction of sp³-hybridized carbons (Fsp3) is 0.440. The fourth-order valence-electron chi connectivity index (χ4n) is 3.62. The van der Waals surface area contributed by atoms with E-state index in [2.05, 4.69) is 40.1 Å². The van der Waals surface area contributed by atoms with Crippen molar-refractivity contribution in [3.05, 3.63) is 65.7 Å². The SMILES string of the molecule is C/C=C/c1ccc(OCCOCCN2CCN(Cc3ccccc3)CC2)c(OC)c1. The second kappa shape index (κ2) is 12.4. The Bertz CT molecular complexity index is 771. The Labute approximate surface area is 180 Å². The lowest BCUT2D eigenvalue weighted by molar-refractivity contribution is 0.0598. The summed E-state index contributed by atoms with van der Waals surface area (Å²) in [5, 5.41) is 0. The van der Waals surface area contributed by atoms with Gasteiger partial charge in [0, 0.05) is 39.3 Å². The van der Waals surface area contributed by atoms with Crippen LogP contribution in [0.1, 0.15) is 18.1 Å². The minimum Gasteiger partial charge on any atom is -0.493 e. The van der Waals surface area contributed by atoms with Crippen molar-refractivity contribution in [2.24, 2.45) is 0 Å². The van der Waals surface area contributed by atoms with Gasteiger partial charge in [0.25, 0.3) is 0 Å². The molecule has 0 atom stereocenters. The lowest BCUT2D eigenvalue weighted by atomic mass is 10.2. The van der Waals surface area contributed by atoms with Gasteiger partial charge >= 0.3 is 0 Å². The molecule has 0 amide bonds. The highest BCUT2D eigenvalue weighted by atomic mass is 16.5. The number of hydrogen-bond acceptors (Lipinski definition) is 5. The highest BCUT2D eigenvalue weighted by Crippen LogP contribution is 2.28. The zero-order valence-electron chi connectivity index (χ0n) is 18.3. The monoisotopic (exact) mass is 410 g/mol. The van der Waals surface area contributed by atoms with Gasteiger partial charge in [-0.05, 0) is 30.2 Å². The number of allylic oxidation sites excluding steroid dienone is 1. The summed E-state index contributed by atoms with van der Waals surface area (Å²) in [5.74, 6) is 1.50. The van der Waals surface area contributed by atoms with Crippen molar-refractivity contribution in [1.29, 1.82) is 0 Å². The summed E-state index contributed by atoms with van der Waals surface area (Å²) in [6.07, 6.45) is 4.04. The Morgan fingerprint density at radius 3 is 2.37 bits per heavy atom. The van der Waals surface area contributed by atoms with Crippen molar-refractivity contribution in [3.63, 3.8) is 0 Å². The molecule has 1 saturated heterocycles. The summed E-state index contributed by atoms with van der Waals surface area (Å²) in [4.78, 5) is 5.00. The Morgan fingerprint density at radius 2 is 1.63 bits per heavy atom. The number of ether oxygens (including phenoxy) is 3. The van der Waals surface area contributed by atoms with Gasteiger partial charge in [0.2, 0.25) is 0 Å². The molecule has 0 aromatic heterocycles. The van der Waals surface area contributed by atoms with Gasteiger partial charge in [-0.1, -0.05) is 48.6 Å². The van der Waals surface area contributed by atoms with Gasteiger partial charge in [-0.2, -0.15) is 0 Å². The molecule has 1 aliphatic rings. The molecule has 3 rings (SSSR count). The summed E-state index contributed by atoms with van der Waals surface area (Å²) in [6.45, 7) is 10.3. The Balaban J connectivity index is 1.27. The molecule has 1 aliphatic heterocycles. The first-order valence-corrected chi connectivity index (χ1v) is 10.8. The maximum absolute atomic E-state index is 5.83. The molecule has 5 heteroatoms. The van der Waals surface area contributed by atoms with E-state index in [9.17, 15) is 0 Å². The molecule has 0 unspecified atom stereocenters. The van der Waals surface area contributed by atoms with Crippen LogP contribution in [-0.2, 0) is 11.3 Å². The third kappa shape index (κ3) is 7.17. The van der Waals surface area contributed by atoms with E-state index in [1.165, 1.54) is 5.56 Å². The largest absolute Gasteiger partial charge is 0.493 e. The molecule has 0 spiro atoms. The number of nitrogens with zero attached hydrogens (tertiary/aromatic N) is 2. The van der Waals surface area contributed by atoms with Crippen molar-refractivity contribution in [1.82, 2.24) is 9.80 Å². The summed E-state index contributed by atoms with van der Waals surface area (Å²) in [7, 11) is 1.66. The first kappa shape index (κ1) is 22.3. The van der Waals surface area contributed by atoms with Crippen LogP contribution < -0.4 is 9.47 Å². The summed E-state index contributed by atoms with van der Waals surface area (Å²) < 4.78 is 17.0. The predicted octanol–water partition coefficient (Wildman–Crippen LogP) is 3.94. The van der Waals surface area contributed by atoms with E-state index in [0.717, 1.165) is 62.9 Å². The van der Waals surface area contributed by atoms with Gasteiger partial charge in [-0.15, -0.1) is 0 Å². The summed E-state index contributed by atoms with van der Waals surface area (Å²) in [5.41, 5.74) is 2.49. The van der Waals surface area contributed by atoms with Crippen LogP contribution in [0, 0.1) is 0 Å². The molecular formula is C25H34N2O3. The van der Waals surface area contributed by atoms with E-state index in [1.807, 2.05) is 37.3 Å². The van der Waals surface area contributed by atoms with Gasteiger partial charge in [0.15, 0.2) is 11.5 Å². The molecule has 5 nitrogen and oxygen atoms in total. The van der Waals surface area contributed by atoms with Crippen LogP contribution in [-0.4, -0.2) is 69.5 Å². The minimum atomic E-state index is 0.518. The first-order chi connectivity index (χ1) is 14.8. The zero-order valence-corrected chi connectivity index (χ0v) is 18.3. The lowest BCUT2D eigenvalue weighted by Gasteiger charge is -2.34. The van der Waals surface area contributed by atoms with Crippen molar-refractivity contribution < 1.29 is 14.2 Å². The van der Waals surface area contributed by atoms with Crippen LogP contribution in [0.4, 0.5) is 0 Å². The smallest absolute Gasteiger partial charge is 0.161 e. The van der Waals surface area contributed by atoms with E-state index in [-0.39, 0.29) is 0 Å². The third-order valence-electron chi connectivity index (χ3n) is 5.30. The van der Waals surface area contributed by atoms with Crippen LogP contribution in [0.2, 0.25) is 0 Å². The molecule has 0 N–H and O–H groups in total. The van der Waals surface area contributed by atoms with Gasteiger partial charge in [0.05, 0.1) is 20.3 Å². The normalized spacial score (nSPS) is 15.5. The van der Waals surface area contributed by atoms with E-state index >= 15 is 0 Å². The van der Waals surface area contributed by atoms with E-state index in [0.29, 0.717) is 13.2 Å². The maximum atomic E-state index is 5.83. The van der Waals surface area contributed by atoms with Crippen LogP contribution in [0.5, 0.6) is 11.5 Å². The molecule has 162 valence electrons. The summed E-state index contributed by atoms with van der Waals surface area (Å²) in [6, 6.07) is 16.7. The molecule has 0 bridgehead atoms. The second-order valence-corrected chi connectivity index (χ2v) is 7.47. The average molecular weight is 411 g/mol. The minimum absolute atomic E-state index is 0.518. The number of methoxy groups -OCH3 is 1. The number of benzene rings is 2. The molecule has 0 aliphatic carbocycles. The Morgan fingerprint density at radius 1 is 0.867 bits per heavy atom. The van der Waals surface area contributed by atoms with Crippen molar-refractivity contribution >= 4 is 6.08 Å². The third-order valence-corrected chi connectivity index (χ3v) is 5.30. The van der Waals surface area contributed by atoms with E-state index in [1.54, 1.807) is 7.11 Å². The number of rotatable bonds is 11. The molecule has 30 heavy (non-hydrogen) atoms. The zero-order chi connectivity index (χ0) is 21.0. The first-order valence-electron chi connectivity index (χ1n) is 10.8. The number of piperazine rings is 1. The van der Waals surface area contributed by atoms with Crippen molar-refractivity contribution in [2.45, 2.75) is 13.5 Å². The highest BCUT2D eigenvalue weighted by Gasteiger charge is 2.16.